The molecule has 0 fully saturated rings. The monoisotopic (exact) mass is 396 g/mol. The summed E-state index contributed by atoms with van der Waals surface area (Å²) in [6.07, 6.45) is 0. The van der Waals surface area contributed by atoms with Gasteiger partial charge in [0.2, 0.25) is 0 Å². The van der Waals surface area contributed by atoms with Gasteiger partial charge in [-0.1, -0.05) is 18.2 Å². The minimum atomic E-state index is -0.367. The summed E-state index contributed by atoms with van der Waals surface area (Å²) in [5, 5.41) is 6.14. The lowest BCUT2D eigenvalue weighted by molar-refractivity contribution is 0.0935. The normalized spacial score (nSPS) is 11.9. The van der Waals surface area contributed by atoms with E-state index in [-0.39, 0.29) is 23.8 Å². The molecule has 6 nitrogen and oxygen atoms in total. The number of fused-ring (bicyclic) bond motifs is 1. The van der Waals surface area contributed by atoms with Crippen molar-refractivity contribution in [2.24, 2.45) is 0 Å². The molecule has 0 aliphatic carbocycles. The van der Waals surface area contributed by atoms with Crippen molar-refractivity contribution in [2.45, 2.75) is 26.8 Å². The third-order valence-corrected chi connectivity index (χ3v) is 4.92. The molecule has 1 unspecified atom stereocenters. The van der Waals surface area contributed by atoms with Gasteiger partial charge in [-0.2, -0.15) is 0 Å². The molecule has 0 saturated heterocycles. The Hall–Kier alpha value is -3.35. The van der Waals surface area contributed by atoms with E-state index in [1.54, 1.807) is 29.2 Å². The van der Waals surface area contributed by atoms with Crippen molar-refractivity contribution in [1.82, 2.24) is 15.2 Å². The number of rotatable bonds is 6. The molecule has 0 aliphatic heterocycles. The molecule has 0 spiro atoms. The first-order chi connectivity index (χ1) is 13.9. The van der Waals surface area contributed by atoms with Gasteiger partial charge < -0.3 is 20.5 Å². The highest BCUT2D eigenvalue weighted by Crippen LogP contribution is 2.20. The zero-order valence-corrected chi connectivity index (χ0v) is 16.8. The molecule has 2 aromatic carbocycles. The molecule has 1 atom stereocenters. The number of urea groups is 1. The Labute approximate surface area is 169 Å². The Bertz CT molecular complexity index is 1010. The van der Waals surface area contributed by atoms with Crippen molar-refractivity contribution in [1.29, 1.82) is 0 Å². The van der Waals surface area contributed by atoms with Crippen LogP contribution >= 0.6 is 0 Å². The fraction of sp³-hybridized carbons (Fsp3) is 0.273. The van der Waals surface area contributed by atoms with E-state index in [1.807, 2.05) is 32.9 Å². The van der Waals surface area contributed by atoms with Gasteiger partial charge in [-0.3, -0.25) is 4.79 Å². The molecule has 0 bridgehead atoms. The Balaban J connectivity index is 1.65. The minimum Gasteiger partial charge on any atom is -0.350 e. The van der Waals surface area contributed by atoms with Gasteiger partial charge in [0, 0.05) is 29.7 Å². The van der Waals surface area contributed by atoms with Crippen LogP contribution in [-0.2, 0) is 0 Å². The van der Waals surface area contributed by atoms with E-state index >= 15 is 0 Å². The second-order valence-corrected chi connectivity index (χ2v) is 6.80. The third kappa shape index (κ3) is 4.56. The average Bonchev–Trinajstić information content (AvgIpc) is 3.15. The van der Waals surface area contributed by atoms with Crippen LogP contribution in [0, 0.1) is 5.82 Å². The number of carbonyl (C=O) groups excluding carboxylic acids is 2. The van der Waals surface area contributed by atoms with Crippen molar-refractivity contribution in [2.75, 3.05) is 18.4 Å². The molecule has 3 N–H and O–H groups in total. The fourth-order valence-corrected chi connectivity index (χ4v) is 3.17. The minimum absolute atomic E-state index is 0.143. The predicted molar refractivity (Wildman–Crippen MR) is 113 cm³/mol. The Morgan fingerprint density at radius 1 is 1.10 bits per heavy atom. The van der Waals surface area contributed by atoms with Crippen molar-refractivity contribution in [3.8, 4) is 0 Å². The average molecular weight is 396 g/mol. The fourth-order valence-electron chi connectivity index (χ4n) is 3.17. The number of H-pyrrole nitrogens is 1. The first-order valence-corrected chi connectivity index (χ1v) is 9.66. The summed E-state index contributed by atoms with van der Waals surface area (Å²) < 4.78 is 13.8. The number of nitrogens with one attached hydrogen (secondary N) is 3. The van der Waals surface area contributed by atoms with Crippen LogP contribution in [0.5, 0.6) is 0 Å². The number of nitrogens with zero attached hydrogens (tertiary/aromatic N) is 1. The van der Waals surface area contributed by atoms with Gasteiger partial charge in [-0.05, 0) is 56.7 Å². The molecule has 3 aromatic rings. The molecular formula is C22H25FN4O2. The van der Waals surface area contributed by atoms with Gasteiger partial charge >= 0.3 is 6.03 Å². The quantitative estimate of drug-likeness (QED) is 0.566. The van der Waals surface area contributed by atoms with Gasteiger partial charge in [0.25, 0.3) is 5.91 Å². The first-order valence-electron chi connectivity index (χ1n) is 9.66. The van der Waals surface area contributed by atoms with Gasteiger partial charge in [0.1, 0.15) is 11.5 Å². The van der Waals surface area contributed by atoms with Crippen LogP contribution in [0.2, 0.25) is 0 Å². The molecule has 0 aliphatic rings. The third-order valence-electron chi connectivity index (χ3n) is 4.92. The summed E-state index contributed by atoms with van der Waals surface area (Å²) in [7, 11) is 0. The van der Waals surface area contributed by atoms with Crippen LogP contribution in [0.3, 0.4) is 0 Å². The maximum absolute atomic E-state index is 13.8. The lowest BCUT2D eigenvalue weighted by atomic mass is 10.1. The highest BCUT2D eigenvalue weighted by Gasteiger charge is 2.15. The number of hydrogen-bond acceptors (Lipinski definition) is 2. The lowest BCUT2D eigenvalue weighted by Gasteiger charge is -2.19. The molecule has 0 radical (unpaired) electrons. The predicted octanol–water partition coefficient (Wildman–Crippen LogP) is 4.67. The topological polar surface area (TPSA) is 77.2 Å². The van der Waals surface area contributed by atoms with Gasteiger partial charge in [-0.15, -0.1) is 0 Å². The number of halogens is 1. The Morgan fingerprint density at radius 3 is 2.41 bits per heavy atom. The van der Waals surface area contributed by atoms with E-state index in [9.17, 15) is 14.0 Å². The van der Waals surface area contributed by atoms with E-state index in [1.165, 1.54) is 12.1 Å². The second-order valence-electron chi connectivity index (χ2n) is 6.80. The Kier molecular flexibility index (Phi) is 6.16. The second kappa shape index (κ2) is 8.77. The molecule has 3 rings (SSSR count). The summed E-state index contributed by atoms with van der Waals surface area (Å²) in [6.45, 7) is 7.00. The highest BCUT2D eigenvalue weighted by atomic mass is 19.1. The smallest absolute Gasteiger partial charge is 0.321 e. The summed E-state index contributed by atoms with van der Waals surface area (Å²) in [4.78, 5) is 29.3. The maximum Gasteiger partial charge on any atom is 0.321 e. The summed E-state index contributed by atoms with van der Waals surface area (Å²) in [5.41, 5.74) is 2.47. The van der Waals surface area contributed by atoms with Crippen LogP contribution in [-0.4, -0.2) is 34.9 Å². The van der Waals surface area contributed by atoms with Gasteiger partial charge in [0.15, 0.2) is 0 Å². The van der Waals surface area contributed by atoms with Crippen LogP contribution in [0.25, 0.3) is 10.9 Å². The van der Waals surface area contributed by atoms with Crippen LogP contribution in [0.1, 0.15) is 42.9 Å². The van der Waals surface area contributed by atoms with E-state index in [4.69, 9.17) is 0 Å². The maximum atomic E-state index is 13.8. The number of benzene rings is 2. The van der Waals surface area contributed by atoms with Gasteiger partial charge in [0.05, 0.1) is 6.04 Å². The first kappa shape index (κ1) is 20.4. The van der Waals surface area contributed by atoms with E-state index in [2.05, 4.69) is 15.6 Å². The van der Waals surface area contributed by atoms with E-state index < -0.39 is 0 Å². The number of aromatic nitrogens is 1. The van der Waals surface area contributed by atoms with Crippen molar-refractivity contribution >= 4 is 28.5 Å². The number of amides is 3. The molecular weight excluding hydrogens is 371 g/mol. The zero-order valence-electron chi connectivity index (χ0n) is 16.8. The molecule has 0 saturated carbocycles. The van der Waals surface area contributed by atoms with Crippen LogP contribution in [0.15, 0.2) is 48.5 Å². The zero-order chi connectivity index (χ0) is 21.0. The SMILES string of the molecule is CCN(CC)C(=O)Nc1ccc(C(C)NC(=O)c2cc3c(F)cccc3[nH]2)cc1. The van der Waals surface area contributed by atoms with Crippen LogP contribution in [0.4, 0.5) is 14.9 Å². The molecule has 3 amide bonds. The molecule has 1 heterocycles. The molecule has 7 heteroatoms. The molecule has 29 heavy (non-hydrogen) atoms. The number of anilines is 1. The summed E-state index contributed by atoms with van der Waals surface area (Å²) >= 11 is 0. The number of aromatic amines is 1. The van der Waals surface area contributed by atoms with Crippen molar-refractivity contribution in [3.63, 3.8) is 0 Å². The van der Waals surface area contributed by atoms with E-state index in [0.29, 0.717) is 35.4 Å². The standard InChI is InChI=1S/C22H25FN4O2/c1-4-27(5-2)22(29)25-16-11-9-15(10-12-16)14(3)24-21(28)20-13-17-18(23)7-6-8-19(17)26-20/h6-14,26H,4-5H2,1-3H3,(H,24,28)(H,25,29). The highest BCUT2D eigenvalue weighted by molar-refractivity contribution is 5.98. The molecule has 152 valence electrons. The molecule has 1 aromatic heterocycles. The van der Waals surface area contributed by atoms with Crippen molar-refractivity contribution < 1.29 is 14.0 Å². The largest absolute Gasteiger partial charge is 0.350 e. The summed E-state index contributed by atoms with van der Waals surface area (Å²) in [5.74, 6) is -0.680. The lowest BCUT2D eigenvalue weighted by Crippen LogP contribution is -2.34. The number of hydrogen-bond donors (Lipinski definition) is 3. The Morgan fingerprint density at radius 2 is 1.79 bits per heavy atom. The van der Waals surface area contributed by atoms with Gasteiger partial charge in [-0.25, -0.2) is 9.18 Å². The van der Waals surface area contributed by atoms with E-state index in [0.717, 1.165) is 5.56 Å². The number of carbonyl (C=O) groups is 2. The summed E-state index contributed by atoms with van der Waals surface area (Å²) in [6, 6.07) is 13.1. The van der Waals surface area contributed by atoms with Crippen LogP contribution < -0.4 is 10.6 Å². The van der Waals surface area contributed by atoms with Crippen molar-refractivity contribution in [3.05, 3.63) is 65.6 Å².